The van der Waals surface area contributed by atoms with Crippen LogP contribution in [-0.2, 0) is 19.1 Å². The lowest BCUT2D eigenvalue weighted by molar-refractivity contribution is -0.161. The van der Waals surface area contributed by atoms with Gasteiger partial charge in [-0.3, -0.25) is 9.59 Å². The molecule has 0 saturated heterocycles. The number of benzene rings is 2. The van der Waals surface area contributed by atoms with Gasteiger partial charge in [0.15, 0.2) is 12.1 Å². The van der Waals surface area contributed by atoms with Gasteiger partial charge in [-0.2, -0.15) is 0 Å². The summed E-state index contributed by atoms with van der Waals surface area (Å²) in [5.41, 5.74) is 2.12. The molecule has 0 N–H and O–H groups in total. The van der Waals surface area contributed by atoms with E-state index in [1.54, 1.807) is 26.0 Å². The van der Waals surface area contributed by atoms with Gasteiger partial charge in [0.1, 0.15) is 18.5 Å². The van der Waals surface area contributed by atoms with Gasteiger partial charge in [-0.15, -0.1) is 0 Å². The van der Waals surface area contributed by atoms with E-state index in [1.165, 1.54) is 0 Å². The number of carbonyl (C=O) groups excluding carboxylic acids is 2. The van der Waals surface area contributed by atoms with Crippen LogP contribution in [0.5, 0.6) is 5.75 Å². The van der Waals surface area contributed by atoms with Gasteiger partial charge in [0.25, 0.3) is 0 Å². The highest BCUT2D eigenvalue weighted by atomic mass is 19.2. The average Bonchev–Trinajstić information content (AvgIpc) is 2.91. The number of unbranched alkanes of at least 4 members (excludes halogenated alkanes) is 5. The lowest BCUT2D eigenvalue weighted by Gasteiger charge is -2.15. The van der Waals surface area contributed by atoms with E-state index in [2.05, 4.69) is 0 Å². The molecule has 0 aliphatic carbocycles. The summed E-state index contributed by atoms with van der Waals surface area (Å²) in [6, 6.07) is 17.2. The molecule has 2 atom stereocenters. The quantitative estimate of drug-likeness (QED) is 0.118. The molecule has 5 nitrogen and oxygen atoms in total. The molecule has 0 amide bonds. The Morgan fingerprint density at radius 1 is 0.676 bits per heavy atom. The number of hydrogen-bond acceptors (Lipinski definition) is 5. The standard InChI is InChI=1S/C30H40F2O5/c1-3-35-29(33)26(30(34)36-4-2)16-12-7-5-6-8-13-17-27(31)28(32)22-37-25-20-18-24(19-21-25)23-14-10-9-11-15-23/h9-11,14-15,18-21,26-28H,3-8,12-13,16-17,22H2,1-2H3. The predicted molar refractivity (Wildman–Crippen MR) is 141 cm³/mol. The Bertz CT molecular complexity index is 886. The molecule has 0 radical (unpaired) electrons. The Hall–Kier alpha value is -2.96. The molecule has 0 spiro atoms. The Balaban J connectivity index is 1.57. The molecule has 0 fully saturated rings. The number of hydrogen-bond donors (Lipinski definition) is 0. The van der Waals surface area contributed by atoms with Gasteiger partial charge in [-0.1, -0.05) is 81.0 Å². The average molecular weight is 519 g/mol. The van der Waals surface area contributed by atoms with E-state index in [9.17, 15) is 18.4 Å². The number of rotatable bonds is 18. The maximum Gasteiger partial charge on any atom is 0.320 e. The Morgan fingerprint density at radius 2 is 1.19 bits per heavy atom. The monoisotopic (exact) mass is 518 g/mol. The Labute approximate surface area is 219 Å². The lowest BCUT2D eigenvalue weighted by atomic mass is 9.99. The van der Waals surface area contributed by atoms with E-state index < -0.39 is 30.2 Å². The van der Waals surface area contributed by atoms with E-state index in [4.69, 9.17) is 14.2 Å². The molecular formula is C30H40F2O5. The van der Waals surface area contributed by atoms with Gasteiger partial charge in [-0.05, 0) is 49.9 Å². The predicted octanol–water partition coefficient (Wildman–Crippen LogP) is 7.27. The smallest absolute Gasteiger partial charge is 0.320 e. The van der Waals surface area contributed by atoms with E-state index in [-0.39, 0.29) is 26.2 Å². The summed E-state index contributed by atoms with van der Waals surface area (Å²) in [7, 11) is 0. The van der Waals surface area contributed by atoms with Crippen LogP contribution in [0.3, 0.4) is 0 Å². The summed E-state index contributed by atoms with van der Waals surface area (Å²) in [5, 5.41) is 0. The normalized spacial score (nSPS) is 12.7. The van der Waals surface area contributed by atoms with E-state index in [0.29, 0.717) is 25.0 Å². The molecule has 7 heteroatoms. The minimum atomic E-state index is -1.67. The first-order valence-corrected chi connectivity index (χ1v) is 13.4. The van der Waals surface area contributed by atoms with Crippen molar-refractivity contribution in [3.8, 4) is 16.9 Å². The molecule has 2 rings (SSSR count). The van der Waals surface area contributed by atoms with Crippen molar-refractivity contribution >= 4 is 11.9 Å². The maximum absolute atomic E-state index is 14.2. The summed E-state index contributed by atoms with van der Waals surface area (Å²) in [5.74, 6) is -1.44. The van der Waals surface area contributed by atoms with Crippen molar-refractivity contribution in [3.05, 3.63) is 54.6 Å². The third-order valence-corrected chi connectivity index (χ3v) is 6.13. The fourth-order valence-electron chi connectivity index (χ4n) is 4.05. The second kappa shape index (κ2) is 17.5. The highest BCUT2D eigenvalue weighted by Gasteiger charge is 2.28. The molecule has 0 aromatic heterocycles. The lowest BCUT2D eigenvalue weighted by Crippen LogP contribution is -2.28. The van der Waals surface area contributed by atoms with Crippen molar-refractivity contribution in [2.24, 2.45) is 5.92 Å². The molecule has 2 unspecified atom stereocenters. The number of alkyl halides is 2. The number of esters is 2. The van der Waals surface area contributed by atoms with Gasteiger partial charge >= 0.3 is 11.9 Å². The highest BCUT2D eigenvalue weighted by molar-refractivity contribution is 5.94. The van der Waals surface area contributed by atoms with Crippen LogP contribution in [-0.4, -0.2) is 44.1 Å². The summed E-state index contributed by atoms with van der Waals surface area (Å²) < 4.78 is 43.9. The van der Waals surface area contributed by atoms with Crippen molar-refractivity contribution in [2.75, 3.05) is 19.8 Å². The first-order valence-electron chi connectivity index (χ1n) is 13.4. The van der Waals surface area contributed by atoms with Crippen molar-refractivity contribution in [1.29, 1.82) is 0 Å². The minimum absolute atomic E-state index is 0.158. The van der Waals surface area contributed by atoms with E-state index in [0.717, 1.165) is 36.8 Å². The molecule has 0 bridgehead atoms. The van der Waals surface area contributed by atoms with Crippen molar-refractivity contribution in [2.45, 2.75) is 77.6 Å². The molecule has 0 saturated carbocycles. The van der Waals surface area contributed by atoms with Crippen LogP contribution in [0.15, 0.2) is 54.6 Å². The van der Waals surface area contributed by atoms with Gasteiger partial charge in [0.2, 0.25) is 0 Å². The topological polar surface area (TPSA) is 61.8 Å². The van der Waals surface area contributed by atoms with Gasteiger partial charge in [0, 0.05) is 0 Å². The zero-order chi connectivity index (χ0) is 26.9. The first-order chi connectivity index (χ1) is 18.0. The van der Waals surface area contributed by atoms with E-state index >= 15 is 0 Å². The number of ether oxygens (including phenoxy) is 3. The SMILES string of the molecule is CCOC(=O)C(CCCCCCCCC(F)C(F)COc1ccc(-c2ccccc2)cc1)C(=O)OCC. The second-order valence-corrected chi connectivity index (χ2v) is 8.99. The number of halogens is 2. The fraction of sp³-hybridized carbons (Fsp3) is 0.533. The van der Waals surface area contributed by atoms with Crippen LogP contribution in [0.2, 0.25) is 0 Å². The third kappa shape index (κ3) is 11.3. The van der Waals surface area contributed by atoms with Crippen molar-refractivity contribution < 1.29 is 32.6 Å². The number of carbonyl (C=O) groups is 2. The molecule has 37 heavy (non-hydrogen) atoms. The van der Waals surface area contributed by atoms with Crippen LogP contribution in [0.25, 0.3) is 11.1 Å². The molecular weight excluding hydrogens is 478 g/mol. The fourth-order valence-corrected chi connectivity index (χ4v) is 4.05. The second-order valence-electron chi connectivity index (χ2n) is 8.99. The van der Waals surface area contributed by atoms with Gasteiger partial charge in [0.05, 0.1) is 13.2 Å². The third-order valence-electron chi connectivity index (χ3n) is 6.13. The van der Waals surface area contributed by atoms with Crippen LogP contribution >= 0.6 is 0 Å². The Kier molecular flexibility index (Phi) is 14.3. The Morgan fingerprint density at radius 3 is 1.76 bits per heavy atom. The first kappa shape index (κ1) is 30.3. The minimum Gasteiger partial charge on any atom is -0.490 e. The van der Waals surface area contributed by atoms with Gasteiger partial charge in [-0.25, -0.2) is 8.78 Å². The van der Waals surface area contributed by atoms with Crippen LogP contribution in [0, 0.1) is 5.92 Å². The summed E-state index contributed by atoms with van der Waals surface area (Å²) >= 11 is 0. The summed E-state index contributed by atoms with van der Waals surface area (Å²) in [4.78, 5) is 24.0. The molecule has 2 aromatic carbocycles. The largest absolute Gasteiger partial charge is 0.490 e. The zero-order valence-electron chi connectivity index (χ0n) is 22.0. The molecule has 0 aliphatic rings. The summed E-state index contributed by atoms with van der Waals surface area (Å²) in [6.45, 7) is 3.53. The van der Waals surface area contributed by atoms with Crippen LogP contribution in [0.1, 0.15) is 65.2 Å². The van der Waals surface area contributed by atoms with Crippen LogP contribution < -0.4 is 4.74 Å². The van der Waals surface area contributed by atoms with Crippen LogP contribution in [0.4, 0.5) is 8.78 Å². The maximum atomic E-state index is 14.2. The molecule has 204 valence electrons. The van der Waals surface area contributed by atoms with Crippen molar-refractivity contribution in [3.63, 3.8) is 0 Å². The van der Waals surface area contributed by atoms with Crippen molar-refractivity contribution in [1.82, 2.24) is 0 Å². The summed E-state index contributed by atoms with van der Waals surface area (Å²) in [6.07, 6.45) is 2.05. The molecule has 2 aromatic rings. The van der Waals surface area contributed by atoms with Gasteiger partial charge < -0.3 is 14.2 Å². The molecule has 0 aliphatic heterocycles. The van der Waals surface area contributed by atoms with E-state index in [1.807, 2.05) is 42.5 Å². The zero-order valence-corrected chi connectivity index (χ0v) is 22.0. The molecule has 0 heterocycles. The highest BCUT2D eigenvalue weighted by Crippen LogP contribution is 2.23.